The van der Waals surface area contributed by atoms with Crippen LogP contribution in [-0.4, -0.2) is 15.0 Å². The molecule has 252 valence electrons. The molecule has 4 heteroatoms. The summed E-state index contributed by atoms with van der Waals surface area (Å²) in [6, 6.07) is 41.0. The summed E-state index contributed by atoms with van der Waals surface area (Å²) in [7, 11) is 0. The Balaban J connectivity index is 1.27. The molecule has 0 saturated carbocycles. The first kappa shape index (κ1) is 31.8. The fraction of sp³-hybridized carbons (Fsp3) is 0.146. The molecule has 0 fully saturated rings. The number of fused-ring (bicyclic) bond motifs is 7. The van der Waals surface area contributed by atoms with Gasteiger partial charge in [0.1, 0.15) is 11.3 Å². The first-order valence-corrected chi connectivity index (χ1v) is 17.9. The molecule has 2 aromatic heterocycles. The Morgan fingerprint density at radius 3 is 2.06 bits per heavy atom. The van der Waals surface area contributed by atoms with Gasteiger partial charge in [-0.15, -0.1) is 0 Å². The second kappa shape index (κ2) is 11.7. The van der Waals surface area contributed by atoms with Crippen molar-refractivity contribution in [2.45, 2.75) is 45.4 Å². The van der Waals surface area contributed by atoms with E-state index >= 15 is 0 Å². The molecule has 0 spiro atoms. The summed E-state index contributed by atoms with van der Waals surface area (Å²) in [4.78, 5) is 15.4. The Labute approximate surface area is 304 Å². The molecule has 0 N–H and O–H groups in total. The van der Waals surface area contributed by atoms with Crippen molar-refractivity contribution in [1.29, 1.82) is 0 Å². The average Bonchev–Trinajstić information content (AvgIpc) is 3.50. The zero-order chi connectivity index (χ0) is 35.8. The highest BCUT2D eigenvalue weighted by atomic mass is 16.3. The Morgan fingerprint density at radius 2 is 1.27 bits per heavy atom. The van der Waals surface area contributed by atoms with Gasteiger partial charge in [-0.2, -0.15) is 0 Å². The molecular weight excluding hydrogens is 635 g/mol. The van der Waals surface area contributed by atoms with E-state index in [1.807, 2.05) is 54.6 Å². The monoisotopic (exact) mass is 673 g/mol. The average molecular weight is 674 g/mol. The minimum Gasteiger partial charge on any atom is -0.456 e. The van der Waals surface area contributed by atoms with Crippen LogP contribution in [0.5, 0.6) is 0 Å². The van der Waals surface area contributed by atoms with E-state index in [1.165, 1.54) is 43.8 Å². The number of rotatable bonds is 5. The molecule has 9 rings (SSSR count). The highest BCUT2D eigenvalue weighted by Gasteiger charge is 2.46. The molecule has 1 aliphatic rings. The summed E-state index contributed by atoms with van der Waals surface area (Å²) in [5.41, 5.74) is 9.50. The summed E-state index contributed by atoms with van der Waals surface area (Å²) in [6.07, 6.45) is 5.59. The van der Waals surface area contributed by atoms with Crippen LogP contribution in [0.2, 0.25) is 0 Å². The van der Waals surface area contributed by atoms with Crippen LogP contribution in [0.3, 0.4) is 0 Å². The number of allylic oxidation sites excluding steroid dienone is 2. The number of nitrogens with zero attached hydrogens (tertiary/aromatic N) is 3. The molecule has 6 aromatic carbocycles. The van der Waals surface area contributed by atoms with Gasteiger partial charge >= 0.3 is 0 Å². The first-order valence-electron chi connectivity index (χ1n) is 17.9. The Bertz CT molecular complexity index is 2770. The van der Waals surface area contributed by atoms with E-state index in [0.29, 0.717) is 17.5 Å². The maximum Gasteiger partial charge on any atom is 0.164 e. The maximum atomic E-state index is 6.27. The molecule has 1 aliphatic carbocycles. The molecule has 0 bridgehead atoms. The highest BCUT2D eigenvalue weighted by Crippen LogP contribution is 2.55. The standard InChI is InChI=1S/C48H39N3O/c1-7-8-20-41-29(2)43-36(19-14-21-42(43)52-41)46-50-44(31-16-10-9-11-17-31)49-45(51-46)33-24-25-35-38-28-37-32(23-22-30-15-12-13-18-34(30)37)26-40(38)48(5,6)47(3,4)39(35)27-33/h7-28H,1H2,2-6H3/b20-8-. The van der Waals surface area contributed by atoms with E-state index in [2.05, 4.69) is 114 Å². The maximum absolute atomic E-state index is 6.27. The molecule has 2 heterocycles. The Morgan fingerprint density at radius 1 is 0.577 bits per heavy atom. The van der Waals surface area contributed by atoms with Crippen LogP contribution in [0.25, 0.3) is 83.9 Å². The number of hydrogen-bond donors (Lipinski definition) is 0. The summed E-state index contributed by atoms with van der Waals surface area (Å²) < 4.78 is 6.27. The normalized spacial score (nSPS) is 14.6. The third-order valence-corrected chi connectivity index (χ3v) is 11.6. The Kier molecular flexibility index (Phi) is 7.17. The topological polar surface area (TPSA) is 51.8 Å². The molecule has 0 radical (unpaired) electrons. The number of furan rings is 1. The van der Waals surface area contributed by atoms with Crippen molar-refractivity contribution in [3.63, 3.8) is 0 Å². The molecule has 0 amide bonds. The van der Waals surface area contributed by atoms with Gasteiger partial charge < -0.3 is 4.42 Å². The molecule has 8 aromatic rings. The lowest BCUT2D eigenvalue weighted by Crippen LogP contribution is -2.43. The van der Waals surface area contributed by atoms with Gasteiger partial charge in [0.05, 0.1) is 0 Å². The van der Waals surface area contributed by atoms with Gasteiger partial charge in [0, 0.05) is 27.6 Å². The van der Waals surface area contributed by atoms with Gasteiger partial charge in [-0.25, -0.2) is 15.0 Å². The summed E-state index contributed by atoms with van der Waals surface area (Å²) in [6.45, 7) is 15.4. The molecule has 0 atom stereocenters. The van der Waals surface area contributed by atoms with Crippen molar-refractivity contribution in [3.8, 4) is 45.3 Å². The largest absolute Gasteiger partial charge is 0.456 e. The zero-order valence-corrected chi connectivity index (χ0v) is 30.2. The van der Waals surface area contributed by atoms with E-state index in [-0.39, 0.29) is 10.8 Å². The molecule has 52 heavy (non-hydrogen) atoms. The van der Waals surface area contributed by atoms with Gasteiger partial charge in [0.25, 0.3) is 0 Å². The lowest BCUT2D eigenvalue weighted by atomic mass is 9.55. The minimum atomic E-state index is -0.192. The van der Waals surface area contributed by atoms with Gasteiger partial charge in [-0.1, -0.05) is 137 Å². The van der Waals surface area contributed by atoms with Crippen LogP contribution in [0, 0.1) is 6.92 Å². The zero-order valence-electron chi connectivity index (χ0n) is 30.2. The number of aromatic nitrogens is 3. The van der Waals surface area contributed by atoms with Crippen molar-refractivity contribution < 1.29 is 4.42 Å². The van der Waals surface area contributed by atoms with Gasteiger partial charge in [0.2, 0.25) is 0 Å². The van der Waals surface area contributed by atoms with Crippen LogP contribution in [0.1, 0.15) is 50.1 Å². The first-order chi connectivity index (χ1) is 25.2. The molecule has 0 aliphatic heterocycles. The van der Waals surface area contributed by atoms with E-state index in [4.69, 9.17) is 19.4 Å². The quantitative estimate of drug-likeness (QED) is 0.135. The van der Waals surface area contributed by atoms with Crippen LogP contribution < -0.4 is 0 Å². The molecule has 0 unspecified atom stereocenters. The van der Waals surface area contributed by atoms with E-state index in [0.717, 1.165) is 39.0 Å². The van der Waals surface area contributed by atoms with Gasteiger partial charge in [0.15, 0.2) is 17.5 Å². The van der Waals surface area contributed by atoms with E-state index in [9.17, 15) is 0 Å². The predicted octanol–water partition coefficient (Wildman–Crippen LogP) is 12.7. The van der Waals surface area contributed by atoms with Crippen LogP contribution in [-0.2, 0) is 10.8 Å². The number of benzene rings is 6. The lowest BCUT2D eigenvalue weighted by molar-refractivity contribution is 0.299. The van der Waals surface area contributed by atoms with Crippen molar-refractivity contribution in [1.82, 2.24) is 15.0 Å². The molecular formula is C48H39N3O. The van der Waals surface area contributed by atoms with Gasteiger partial charge in [-0.05, 0) is 91.9 Å². The minimum absolute atomic E-state index is 0.153. The van der Waals surface area contributed by atoms with Crippen molar-refractivity contribution in [2.75, 3.05) is 0 Å². The summed E-state index contributed by atoms with van der Waals surface area (Å²) in [5, 5.41) is 6.09. The Hall–Kier alpha value is -6.13. The van der Waals surface area contributed by atoms with Crippen molar-refractivity contribution in [3.05, 3.63) is 156 Å². The predicted molar refractivity (Wildman–Crippen MR) is 216 cm³/mol. The van der Waals surface area contributed by atoms with Crippen LogP contribution >= 0.6 is 0 Å². The second-order valence-corrected chi connectivity index (χ2v) is 15.0. The highest BCUT2D eigenvalue weighted by molar-refractivity contribution is 6.09. The van der Waals surface area contributed by atoms with Crippen LogP contribution in [0.15, 0.2) is 138 Å². The third kappa shape index (κ3) is 4.78. The number of hydrogen-bond acceptors (Lipinski definition) is 4. The van der Waals surface area contributed by atoms with Crippen LogP contribution in [0.4, 0.5) is 0 Å². The SMILES string of the molecule is C=C/C=C\c1oc2cccc(-c3nc(-c4ccccc4)nc(-c4ccc5c(c4)C(C)(C)C(C)(C)c4cc6ccc7ccccc7c6cc4-5)n3)c2c1C. The third-order valence-electron chi connectivity index (χ3n) is 11.6. The fourth-order valence-electron chi connectivity index (χ4n) is 8.07. The lowest BCUT2D eigenvalue weighted by Gasteiger charge is -2.48. The van der Waals surface area contributed by atoms with Gasteiger partial charge in [-0.3, -0.25) is 0 Å². The fourth-order valence-corrected chi connectivity index (χ4v) is 8.07. The molecule has 0 saturated heterocycles. The smallest absolute Gasteiger partial charge is 0.164 e. The summed E-state index contributed by atoms with van der Waals surface area (Å²) in [5.74, 6) is 2.67. The van der Waals surface area contributed by atoms with E-state index in [1.54, 1.807) is 6.08 Å². The van der Waals surface area contributed by atoms with Crippen molar-refractivity contribution >= 4 is 38.6 Å². The van der Waals surface area contributed by atoms with Crippen molar-refractivity contribution in [2.24, 2.45) is 0 Å². The molecule has 4 nitrogen and oxygen atoms in total. The number of aryl methyl sites for hydroxylation is 1. The van der Waals surface area contributed by atoms with E-state index < -0.39 is 0 Å². The second-order valence-electron chi connectivity index (χ2n) is 15.0. The summed E-state index contributed by atoms with van der Waals surface area (Å²) >= 11 is 0.